The smallest absolute Gasteiger partial charge is 0.125 e. The Hall–Kier alpha value is -2.76. The lowest BCUT2D eigenvalue weighted by atomic mass is 9.72. The maximum Gasteiger partial charge on any atom is 0.125 e. The van der Waals surface area contributed by atoms with E-state index in [0.29, 0.717) is 17.7 Å². The molecule has 1 aliphatic heterocycles. The number of unbranched alkanes of at least 4 members (excludes halogenated alkanes) is 1. The van der Waals surface area contributed by atoms with E-state index in [4.69, 9.17) is 4.74 Å². The van der Waals surface area contributed by atoms with Crippen LogP contribution in [0.3, 0.4) is 0 Å². The van der Waals surface area contributed by atoms with Gasteiger partial charge in [-0.15, -0.1) is 0 Å². The number of hydrogen-bond acceptors (Lipinski definition) is 3. The second kappa shape index (κ2) is 12.2. The fraction of sp³-hybridized carbons (Fsp3) is 0.438. The first-order valence-corrected chi connectivity index (χ1v) is 13.5. The van der Waals surface area contributed by atoms with E-state index < -0.39 is 5.60 Å². The highest BCUT2D eigenvalue weighted by Crippen LogP contribution is 2.42. The molecule has 0 atom stereocenters. The summed E-state index contributed by atoms with van der Waals surface area (Å²) in [6, 6.07) is 16.5. The van der Waals surface area contributed by atoms with Crippen LogP contribution < -0.4 is 4.74 Å². The monoisotopic (exact) mass is 507 g/mol. The third-order valence-electron chi connectivity index (χ3n) is 7.74. The van der Waals surface area contributed by atoms with Crippen LogP contribution >= 0.6 is 0 Å². The molecule has 0 saturated carbocycles. The highest BCUT2D eigenvalue weighted by molar-refractivity contribution is 5.43. The first kappa shape index (κ1) is 27.3. The Morgan fingerprint density at radius 1 is 0.892 bits per heavy atom. The van der Waals surface area contributed by atoms with Gasteiger partial charge in [-0.2, -0.15) is 0 Å². The molecule has 0 unspecified atom stereocenters. The third-order valence-corrected chi connectivity index (χ3v) is 7.74. The van der Waals surface area contributed by atoms with Crippen LogP contribution in [0.1, 0.15) is 60.4 Å². The molecule has 1 fully saturated rings. The SMILES string of the molecule is CCCCc1cc(C)c(OCCN2CCC(C(O)(c3ccc(F)cc3)c3ccc(F)cc3)CC2)c(C)c1. The van der Waals surface area contributed by atoms with Gasteiger partial charge in [0.25, 0.3) is 0 Å². The second-order valence-corrected chi connectivity index (χ2v) is 10.4. The van der Waals surface area contributed by atoms with Gasteiger partial charge in [-0.1, -0.05) is 49.7 Å². The van der Waals surface area contributed by atoms with E-state index in [9.17, 15) is 13.9 Å². The summed E-state index contributed by atoms with van der Waals surface area (Å²) in [6.07, 6.45) is 5.05. The highest BCUT2D eigenvalue weighted by atomic mass is 19.1. The molecule has 0 aromatic heterocycles. The zero-order valence-electron chi connectivity index (χ0n) is 22.3. The fourth-order valence-electron chi connectivity index (χ4n) is 5.69. The molecule has 37 heavy (non-hydrogen) atoms. The third kappa shape index (κ3) is 6.39. The maximum absolute atomic E-state index is 13.6. The largest absolute Gasteiger partial charge is 0.492 e. The van der Waals surface area contributed by atoms with Gasteiger partial charge < -0.3 is 9.84 Å². The topological polar surface area (TPSA) is 32.7 Å². The molecule has 5 heteroatoms. The minimum atomic E-state index is -1.31. The van der Waals surface area contributed by atoms with E-state index in [-0.39, 0.29) is 17.6 Å². The molecule has 0 aliphatic carbocycles. The average molecular weight is 508 g/mol. The van der Waals surface area contributed by atoms with Crippen molar-refractivity contribution in [2.45, 2.75) is 58.5 Å². The molecule has 1 aliphatic rings. The molecule has 0 radical (unpaired) electrons. The Morgan fingerprint density at radius 3 is 1.89 bits per heavy atom. The van der Waals surface area contributed by atoms with Crippen LogP contribution in [-0.4, -0.2) is 36.2 Å². The Kier molecular flexibility index (Phi) is 8.99. The maximum atomic E-state index is 13.6. The van der Waals surface area contributed by atoms with Gasteiger partial charge in [0.2, 0.25) is 0 Å². The lowest BCUT2D eigenvalue weighted by Gasteiger charge is -2.42. The van der Waals surface area contributed by atoms with Crippen molar-refractivity contribution in [3.05, 3.63) is 100 Å². The van der Waals surface area contributed by atoms with Crippen LogP contribution in [0, 0.1) is 31.4 Å². The first-order valence-electron chi connectivity index (χ1n) is 13.5. The molecule has 3 nitrogen and oxygen atoms in total. The van der Waals surface area contributed by atoms with Gasteiger partial charge in [0.05, 0.1) is 0 Å². The van der Waals surface area contributed by atoms with Crippen molar-refractivity contribution in [3.8, 4) is 5.75 Å². The van der Waals surface area contributed by atoms with Gasteiger partial charge in [0.15, 0.2) is 0 Å². The molecule has 1 heterocycles. The Morgan fingerprint density at radius 2 is 1.41 bits per heavy atom. The minimum absolute atomic E-state index is 0.0688. The predicted octanol–water partition coefficient (Wildman–Crippen LogP) is 6.95. The molecular formula is C32H39F2NO2. The summed E-state index contributed by atoms with van der Waals surface area (Å²) in [5.41, 5.74) is 3.71. The van der Waals surface area contributed by atoms with Crippen LogP contribution in [-0.2, 0) is 12.0 Å². The Labute approximate surface area is 220 Å². The normalized spacial score (nSPS) is 15.2. The van der Waals surface area contributed by atoms with Crippen molar-refractivity contribution in [1.82, 2.24) is 4.90 Å². The Bertz CT molecular complexity index is 1080. The number of nitrogens with zero attached hydrogens (tertiary/aromatic N) is 1. The van der Waals surface area contributed by atoms with E-state index in [1.54, 1.807) is 24.3 Å². The van der Waals surface area contributed by atoms with Gasteiger partial charge in [-0.05, 0) is 111 Å². The summed E-state index contributed by atoms with van der Waals surface area (Å²) >= 11 is 0. The van der Waals surface area contributed by atoms with E-state index in [1.807, 2.05) is 0 Å². The standard InChI is InChI=1S/C32H39F2NO2/c1-4-5-6-25-21-23(2)31(24(3)22-25)37-20-19-35-17-15-28(16-18-35)32(36,26-7-11-29(33)12-8-26)27-9-13-30(34)14-10-27/h7-14,21-22,28,36H,4-6,15-20H2,1-3H3. The van der Waals surface area contributed by atoms with Crippen molar-refractivity contribution in [3.63, 3.8) is 0 Å². The molecular weight excluding hydrogens is 468 g/mol. The fourth-order valence-corrected chi connectivity index (χ4v) is 5.69. The summed E-state index contributed by atoms with van der Waals surface area (Å²) in [7, 11) is 0. The van der Waals surface area contributed by atoms with Crippen LogP contribution in [0.25, 0.3) is 0 Å². The van der Waals surface area contributed by atoms with Crippen LogP contribution in [0.4, 0.5) is 8.78 Å². The van der Waals surface area contributed by atoms with Crippen molar-refractivity contribution < 1.29 is 18.6 Å². The summed E-state index contributed by atoms with van der Waals surface area (Å²) in [5.74, 6) is 0.222. The van der Waals surface area contributed by atoms with E-state index in [2.05, 4.69) is 37.8 Å². The van der Waals surface area contributed by atoms with Gasteiger partial charge in [-0.3, -0.25) is 4.90 Å². The number of likely N-dealkylation sites (tertiary alicyclic amines) is 1. The molecule has 3 aromatic carbocycles. The van der Waals surface area contributed by atoms with Gasteiger partial charge >= 0.3 is 0 Å². The number of aryl methyl sites for hydroxylation is 3. The summed E-state index contributed by atoms with van der Waals surface area (Å²) in [4.78, 5) is 2.37. The molecule has 0 bridgehead atoms. The second-order valence-electron chi connectivity index (χ2n) is 10.4. The minimum Gasteiger partial charge on any atom is -0.492 e. The summed E-state index contributed by atoms with van der Waals surface area (Å²) in [5, 5.41) is 12.0. The van der Waals surface area contributed by atoms with Crippen LogP contribution in [0.15, 0.2) is 60.7 Å². The first-order chi connectivity index (χ1) is 17.8. The van der Waals surface area contributed by atoms with Crippen molar-refractivity contribution in [1.29, 1.82) is 0 Å². The number of hydrogen-bond donors (Lipinski definition) is 1. The zero-order chi connectivity index (χ0) is 26.4. The lowest BCUT2D eigenvalue weighted by Crippen LogP contribution is -2.45. The summed E-state index contributed by atoms with van der Waals surface area (Å²) in [6.45, 7) is 9.53. The zero-order valence-corrected chi connectivity index (χ0v) is 22.3. The van der Waals surface area contributed by atoms with Crippen LogP contribution in [0.5, 0.6) is 5.75 Å². The number of rotatable bonds is 10. The average Bonchev–Trinajstić information content (AvgIpc) is 2.90. The van der Waals surface area contributed by atoms with Crippen molar-refractivity contribution in [2.24, 2.45) is 5.92 Å². The molecule has 1 saturated heterocycles. The van der Waals surface area contributed by atoms with Gasteiger partial charge in [0, 0.05) is 6.54 Å². The number of piperidine rings is 1. The molecule has 3 aromatic rings. The van der Waals surface area contributed by atoms with Crippen LogP contribution in [0.2, 0.25) is 0 Å². The van der Waals surface area contributed by atoms with E-state index >= 15 is 0 Å². The van der Waals surface area contributed by atoms with Gasteiger partial charge in [0.1, 0.15) is 29.6 Å². The van der Waals surface area contributed by atoms with E-state index in [1.165, 1.54) is 53.8 Å². The quantitative estimate of drug-likeness (QED) is 0.322. The summed E-state index contributed by atoms with van der Waals surface area (Å²) < 4.78 is 33.5. The number of benzene rings is 3. The number of ether oxygens (including phenoxy) is 1. The number of aliphatic hydroxyl groups is 1. The van der Waals surface area contributed by atoms with Crippen molar-refractivity contribution in [2.75, 3.05) is 26.2 Å². The molecule has 1 N–H and O–H groups in total. The van der Waals surface area contributed by atoms with E-state index in [0.717, 1.165) is 44.6 Å². The Balaban J connectivity index is 1.38. The van der Waals surface area contributed by atoms with Gasteiger partial charge in [-0.25, -0.2) is 8.78 Å². The molecule has 4 rings (SSSR count). The molecule has 0 spiro atoms. The van der Waals surface area contributed by atoms with Crippen molar-refractivity contribution >= 4 is 0 Å². The number of halogens is 2. The predicted molar refractivity (Wildman–Crippen MR) is 145 cm³/mol. The lowest BCUT2D eigenvalue weighted by molar-refractivity contribution is -0.0154. The highest BCUT2D eigenvalue weighted by Gasteiger charge is 2.41. The molecule has 0 amide bonds. The molecule has 198 valence electrons.